The van der Waals surface area contributed by atoms with Crippen molar-refractivity contribution in [3.8, 4) is 6.07 Å². The lowest BCUT2D eigenvalue weighted by atomic mass is 10.1. The Morgan fingerprint density at radius 3 is 3.12 bits per heavy atom. The fraction of sp³-hybridized carbons (Fsp3) is 0.462. The Morgan fingerprint density at radius 2 is 2.44 bits per heavy atom. The van der Waals surface area contributed by atoms with Gasteiger partial charge in [0.2, 0.25) is 0 Å². The molecule has 0 radical (unpaired) electrons. The molecule has 1 aromatic carbocycles. The molecule has 1 heterocycles. The molecule has 2 rings (SSSR count). The summed E-state index contributed by atoms with van der Waals surface area (Å²) in [6.45, 7) is 0.945. The monoisotopic (exact) mass is 232 g/mol. The van der Waals surface area contributed by atoms with E-state index in [4.69, 9.17) is 5.26 Å². The molecule has 0 aliphatic carbocycles. The first-order valence-corrected chi connectivity index (χ1v) is 6.72. The van der Waals surface area contributed by atoms with Crippen molar-refractivity contribution in [3.05, 3.63) is 35.4 Å². The molecule has 1 fully saturated rings. The lowest BCUT2D eigenvalue weighted by Gasteiger charge is -2.23. The van der Waals surface area contributed by atoms with E-state index in [2.05, 4.69) is 24.1 Å². The van der Waals surface area contributed by atoms with Gasteiger partial charge in [0.25, 0.3) is 0 Å². The molecule has 0 aromatic heterocycles. The smallest absolute Gasteiger partial charge is 0.0991 e. The Hall–Kier alpha value is -0.980. The highest BCUT2D eigenvalue weighted by atomic mass is 32.2. The van der Waals surface area contributed by atoms with Crippen molar-refractivity contribution in [1.29, 1.82) is 5.26 Å². The highest BCUT2D eigenvalue weighted by Crippen LogP contribution is 2.22. The van der Waals surface area contributed by atoms with Crippen LogP contribution in [0.3, 0.4) is 0 Å². The minimum Gasteiger partial charge on any atom is -0.298 e. The van der Waals surface area contributed by atoms with E-state index < -0.39 is 0 Å². The Labute approximate surface area is 101 Å². The van der Waals surface area contributed by atoms with Crippen LogP contribution in [0.4, 0.5) is 0 Å². The minimum atomic E-state index is 0.704. The number of hydrogen-bond acceptors (Lipinski definition) is 3. The summed E-state index contributed by atoms with van der Waals surface area (Å²) in [6, 6.07) is 10.8. The quantitative estimate of drug-likeness (QED) is 0.801. The molecule has 1 aliphatic heterocycles. The van der Waals surface area contributed by atoms with Gasteiger partial charge >= 0.3 is 0 Å². The van der Waals surface area contributed by atoms with Crippen LogP contribution in [0.25, 0.3) is 0 Å². The van der Waals surface area contributed by atoms with Gasteiger partial charge in [-0.2, -0.15) is 17.0 Å². The molecule has 0 spiro atoms. The van der Waals surface area contributed by atoms with E-state index in [1.807, 2.05) is 30.0 Å². The highest BCUT2D eigenvalue weighted by molar-refractivity contribution is 7.99. The van der Waals surface area contributed by atoms with E-state index in [1.165, 1.54) is 23.5 Å². The average molecular weight is 232 g/mol. The number of thioether (sulfide) groups is 1. The van der Waals surface area contributed by atoms with Gasteiger partial charge in [-0.05, 0) is 36.9 Å². The van der Waals surface area contributed by atoms with Crippen molar-refractivity contribution >= 4 is 11.8 Å². The number of nitrogens with zero attached hydrogens (tertiary/aromatic N) is 2. The standard InChI is InChI=1S/C13H16N2S/c1-15(13-5-6-16-10-13)9-12-4-2-3-11(7-12)8-14/h2-4,7,13H,5-6,9-10H2,1H3. The van der Waals surface area contributed by atoms with Crippen LogP contribution in [-0.2, 0) is 6.54 Å². The molecular weight excluding hydrogens is 216 g/mol. The van der Waals surface area contributed by atoms with E-state index >= 15 is 0 Å². The van der Waals surface area contributed by atoms with E-state index in [0.29, 0.717) is 6.04 Å². The SMILES string of the molecule is CN(Cc1cccc(C#N)c1)C1CCSC1. The molecule has 1 unspecified atom stereocenters. The molecule has 2 nitrogen and oxygen atoms in total. The summed E-state index contributed by atoms with van der Waals surface area (Å²) in [4.78, 5) is 2.40. The predicted molar refractivity (Wildman–Crippen MR) is 68.4 cm³/mol. The molecule has 0 bridgehead atoms. The lowest BCUT2D eigenvalue weighted by molar-refractivity contribution is 0.254. The molecule has 1 aliphatic rings. The number of benzene rings is 1. The number of rotatable bonds is 3. The molecule has 0 amide bonds. The van der Waals surface area contributed by atoms with Crippen LogP contribution >= 0.6 is 11.8 Å². The van der Waals surface area contributed by atoms with Gasteiger partial charge in [0.1, 0.15) is 0 Å². The second-order valence-corrected chi connectivity index (χ2v) is 5.39. The third kappa shape index (κ3) is 2.78. The van der Waals surface area contributed by atoms with Gasteiger partial charge < -0.3 is 0 Å². The maximum absolute atomic E-state index is 8.84. The molecule has 0 saturated carbocycles. The van der Waals surface area contributed by atoms with Crippen LogP contribution in [0.1, 0.15) is 17.5 Å². The second-order valence-electron chi connectivity index (χ2n) is 4.24. The van der Waals surface area contributed by atoms with Gasteiger partial charge in [-0.3, -0.25) is 4.90 Å². The Balaban J connectivity index is 2.00. The van der Waals surface area contributed by atoms with Crippen LogP contribution in [0.15, 0.2) is 24.3 Å². The van der Waals surface area contributed by atoms with Crippen LogP contribution in [-0.4, -0.2) is 29.5 Å². The number of nitriles is 1. The number of hydrogen-bond donors (Lipinski definition) is 0. The van der Waals surface area contributed by atoms with Crippen molar-refractivity contribution in [1.82, 2.24) is 4.90 Å². The maximum Gasteiger partial charge on any atom is 0.0991 e. The first kappa shape index (κ1) is 11.5. The second kappa shape index (κ2) is 5.38. The van der Waals surface area contributed by atoms with Crippen LogP contribution in [0, 0.1) is 11.3 Å². The summed E-state index contributed by atoms with van der Waals surface area (Å²) in [5.74, 6) is 2.53. The van der Waals surface area contributed by atoms with Gasteiger partial charge in [-0.25, -0.2) is 0 Å². The molecule has 1 saturated heterocycles. The van der Waals surface area contributed by atoms with E-state index in [1.54, 1.807) is 0 Å². The van der Waals surface area contributed by atoms with Crippen LogP contribution in [0.2, 0.25) is 0 Å². The van der Waals surface area contributed by atoms with Crippen molar-refractivity contribution in [2.24, 2.45) is 0 Å². The summed E-state index contributed by atoms with van der Waals surface area (Å²) in [5, 5.41) is 8.84. The lowest BCUT2D eigenvalue weighted by Crippen LogP contribution is -2.30. The zero-order valence-electron chi connectivity index (χ0n) is 9.52. The molecule has 0 N–H and O–H groups in total. The predicted octanol–water partition coefficient (Wildman–Crippen LogP) is 2.50. The van der Waals surface area contributed by atoms with Gasteiger partial charge in [-0.1, -0.05) is 12.1 Å². The summed E-state index contributed by atoms with van der Waals surface area (Å²) >= 11 is 2.03. The molecule has 84 valence electrons. The van der Waals surface area contributed by atoms with Crippen molar-refractivity contribution in [2.45, 2.75) is 19.0 Å². The van der Waals surface area contributed by atoms with Crippen molar-refractivity contribution in [3.63, 3.8) is 0 Å². The first-order valence-electron chi connectivity index (χ1n) is 5.56. The zero-order chi connectivity index (χ0) is 11.4. The fourth-order valence-corrected chi connectivity index (χ4v) is 3.32. The average Bonchev–Trinajstić information content (AvgIpc) is 2.83. The summed E-state index contributed by atoms with van der Waals surface area (Å²) in [5.41, 5.74) is 1.99. The highest BCUT2D eigenvalue weighted by Gasteiger charge is 2.19. The molecule has 3 heteroatoms. The third-order valence-electron chi connectivity index (χ3n) is 3.02. The van der Waals surface area contributed by atoms with E-state index in [9.17, 15) is 0 Å². The summed E-state index contributed by atoms with van der Waals surface area (Å²) in [7, 11) is 2.18. The largest absolute Gasteiger partial charge is 0.298 e. The Bertz CT molecular complexity index is 391. The third-order valence-corrected chi connectivity index (χ3v) is 4.16. The normalized spacial score (nSPS) is 19.9. The van der Waals surface area contributed by atoms with E-state index in [-0.39, 0.29) is 0 Å². The van der Waals surface area contributed by atoms with Crippen LogP contribution < -0.4 is 0 Å². The van der Waals surface area contributed by atoms with Gasteiger partial charge in [0, 0.05) is 18.3 Å². The summed E-state index contributed by atoms with van der Waals surface area (Å²) in [6.07, 6.45) is 1.29. The first-order chi connectivity index (χ1) is 7.79. The molecule has 1 aromatic rings. The molecule has 16 heavy (non-hydrogen) atoms. The minimum absolute atomic E-state index is 0.704. The topological polar surface area (TPSA) is 27.0 Å². The fourth-order valence-electron chi connectivity index (χ4n) is 2.03. The summed E-state index contributed by atoms with van der Waals surface area (Å²) < 4.78 is 0. The zero-order valence-corrected chi connectivity index (χ0v) is 10.3. The van der Waals surface area contributed by atoms with Gasteiger partial charge in [0.15, 0.2) is 0 Å². The van der Waals surface area contributed by atoms with Gasteiger partial charge in [-0.15, -0.1) is 0 Å². The van der Waals surface area contributed by atoms with Crippen LogP contribution in [0.5, 0.6) is 0 Å². The van der Waals surface area contributed by atoms with Gasteiger partial charge in [0.05, 0.1) is 11.6 Å². The maximum atomic E-state index is 8.84. The molecular formula is C13H16N2S. The van der Waals surface area contributed by atoms with Crippen molar-refractivity contribution < 1.29 is 0 Å². The Morgan fingerprint density at radius 1 is 1.56 bits per heavy atom. The van der Waals surface area contributed by atoms with E-state index in [0.717, 1.165) is 12.1 Å². The molecule has 1 atom stereocenters. The Kier molecular flexibility index (Phi) is 3.87. The van der Waals surface area contributed by atoms with Crippen molar-refractivity contribution in [2.75, 3.05) is 18.6 Å².